The molecule has 1 fully saturated rings. The maximum absolute atomic E-state index is 9.84. The molecule has 1 aliphatic carbocycles. The number of benzene rings is 2. The minimum Gasteiger partial charge on any atom is -0.507 e. The Hall–Kier alpha value is -2.62. The Kier molecular flexibility index (Phi) is 5.26. The van der Waals surface area contributed by atoms with Crippen LogP contribution in [0.4, 0.5) is 0 Å². The summed E-state index contributed by atoms with van der Waals surface area (Å²) in [4.78, 5) is 9.34. The van der Waals surface area contributed by atoms with Gasteiger partial charge in [-0.25, -0.2) is 0 Å². The second kappa shape index (κ2) is 7.77. The molecule has 2 atom stereocenters. The zero-order valence-corrected chi connectivity index (χ0v) is 13.5. The normalized spacial score (nSPS) is 21.5. The van der Waals surface area contributed by atoms with E-state index in [4.69, 9.17) is 0 Å². The fourth-order valence-corrected chi connectivity index (χ4v) is 2.98. The number of aromatic hydroxyl groups is 2. The molecule has 0 amide bonds. The fraction of sp³-hybridized carbons (Fsp3) is 0.300. The molecule has 2 N–H and O–H groups in total. The van der Waals surface area contributed by atoms with Crippen molar-refractivity contribution in [1.29, 1.82) is 0 Å². The van der Waals surface area contributed by atoms with Crippen LogP contribution in [0.15, 0.2) is 58.5 Å². The number of phenolic OH excluding ortho intramolecular Hbond substituents is 2. The molecule has 2 aromatic rings. The highest BCUT2D eigenvalue weighted by molar-refractivity contribution is 5.84. The molecule has 4 heteroatoms. The molecule has 0 aliphatic heterocycles. The van der Waals surface area contributed by atoms with E-state index in [1.165, 1.54) is 0 Å². The van der Waals surface area contributed by atoms with Gasteiger partial charge in [0.05, 0.1) is 12.1 Å². The van der Waals surface area contributed by atoms with Crippen LogP contribution in [0, 0.1) is 0 Å². The van der Waals surface area contributed by atoms with Crippen LogP contribution in [0.1, 0.15) is 36.8 Å². The number of hydrogen-bond donors (Lipinski definition) is 2. The average Bonchev–Trinajstić information content (AvgIpc) is 2.61. The molecule has 4 nitrogen and oxygen atoms in total. The van der Waals surface area contributed by atoms with E-state index in [0.29, 0.717) is 0 Å². The van der Waals surface area contributed by atoms with E-state index < -0.39 is 0 Å². The minimum atomic E-state index is 0.112. The van der Waals surface area contributed by atoms with Crippen molar-refractivity contribution in [3.8, 4) is 11.5 Å². The highest BCUT2D eigenvalue weighted by Crippen LogP contribution is 2.25. The Balaban J connectivity index is 1.74. The number of nitrogens with zero attached hydrogens (tertiary/aromatic N) is 2. The van der Waals surface area contributed by atoms with E-state index in [2.05, 4.69) is 9.98 Å². The van der Waals surface area contributed by atoms with Crippen molar-refractivity contribution in [1.82, 2.24) is 0 Å². The Morgan fingerprint density at radius 3 is 1.54 bits per heavy atom. The molecule has 0 saturated heterocycles. The third-order valence-electron chi connectivity index (χ3n) is 4.38. The van der Waals surface area contributed by atoms with Gasteiger partial charge in [-0.1, -0.05) is 37.1 Å². The van der Waals surface area contributed by atoms with Gasteiger partial charge in [0.2, 0.25) is 0 Å². The summed E-state index contributed by atoms with van der Waals surface area (Å²) in [7, 11) is 0. The van der Waals surface area contributed by atoms with Crippen LogP contribution in [-0.2, 0) is 0 Å². The van der Waals surface area contributed by atoms with Crippen LogP contribution < -0.4 is 0 Å². The summed E-state index contributed by atoms with van der Waals surface area (Å²) in [5.41, 5.74) is 1.46. The lowest BCUT2D eigenvalue weighted by molar-refractivity contribution is 0.390. The first-order chi connectivity index (χ1) is 11.7. The molecule has 1 unspecified atom stereocenters. The monoisotopic (exact) mass is 322 g/mol. The van der Waals surface area contributed by atoms with Gasteiger partial charge in [-0.05, 0) is 37.1 Å². The first kappa shape index (κ1) is 16.2. The van der Waals surface area contributed by atoms with Crippen LogP contribution in [0.2, 0.25) is 0 Å². The smallest absolute Gasteiger partial charge is 0.124 e. The van der Waals surface area contributed by atoms with E-state index >= 15 is 0 Å². The van der Waals surface area contributed by atoms with Gasteiger partial charge in [-0.15, -0.1) is 0 Å². The number of phenols is 2. The van der Waals surface area contributed by atoms with Gasteiger partial charge in [-0.2, -0.15) is 0 Å². The molecule has 0 aromatic heterocycles. The Morgan fingerprint density at radius 1 is 0.708 bits per heavy atom. The Morgan fingerprint density at radius 2 is 1.12 bits per heavy atom. The molecule has 1 aliphatic rings. The van der Waals surface area contributed by atoms with Crippen molar-refractivity contribution in [3.05, 3.63) is 59.7 Å². The summed E-state index contributed by atoms with van der Waals surface area (Å²) in [5.74, 6) is 0.484. The summed E-state index contributed by atoms with van der Waals surface area (Å²) in [5, 5.41) is 19.7. The van der Waals surface area contributed by atoms with Crippen molar-refractivity contribution in [2.45, 2.75) is 37.8 Å². The fourth-order valence-electron chi connectivity index (χ4n) is 2.98. The molecule has 1 saturated carbocycles. The van der Waals surface area contributed by atoms with Crippen molar-refractivity contribution in [3.63, 3.8) is 0 Å². The maximum atomic E-state index is 9.84. The van der Waals surface area contributed by atoms with Crippen LogP contribution in [0.3, 0.4) is 0 Å². The third kappa shape index (κ3) is 4.02. The summed E-state index contributed by atoms with van der Waals surface area (Å²) in [6, 6.07) is 14.6. The van der Waals surface area contributed by atoms with Crippen LogP contribution in [0.5, 0.6) is 11.5 Å². The van der Waals surface area contributed by atoms with Crippen LogP contribution >= 0.6 is 0 Å². The summed E-state index contributed by atoms with van der Waals surface area (Å²) < 4.78 is 0. The molecule has 124 valence electrons. The Labute approximate surface area is 142 Å². The third-order valence-corrected chi connectivity index (χ3v) is 4.38. The van der Waals surface area contributed by atoms with Crippen molar-refractivity contribution in [2.75, 3.05) is 0 Å². The topological polar surface area (TPSA) is 65.2 Å². The van der Waals surface area contributed by atoms with Gasteiger partial charge in [-0.3, -0.25) is 9.98 Å². The number of hydrogen-bond acceptors (Lipinski definition) is 4. The first-order valence-corrected chi connectivity index (χ1v) is 8.36. The molecule has 0 heterocycles. The lowest BCUT2D eigenvalue weighted by Gasteiger charge is -2.25. The van der Waals surface area contributed by atoms with Crippen molar-refractivity contribution < 1.29 is 10.2 Å². The molecule has 3 rings (SSSR count). The summed E-state index contributed by atoms with van der Waals surface area (Å²) in [6.45, 7) is 0. The van der Waals surface area contributed by atoms with Crippen molar-refractivity contribution >= 4 is 12.4 Å². The molecule has 0 spiro atoms. The van der Waals surface area contributed by atoms with Gasteiger partial charge >= 0.3 is 0 Å². The van der Waals surface area contributed by atoms with Crippen LogP contribution in [0.25, 0.3) is 0 Å². The molecular formula is C20H22N2O2. The first-order valence-electron chi connectivity index (χ1n) is 8.36. The van der Waals surface area contributed by atoms with E-state index in [1.807, 2.05) is 24.3 Å². The van der Waals surface area contributed by atoms with Gasteiger partial charge in [0.15, 0.2) is 0 Å². The van der Waals surface area contributed by atoms with E-state index in [-0.39, 0.29) is 23.6 Å². The van der Waals surface area contributed by atoms with Gasteiger partial charge in [0.1, 0.15) is 11.5 Å². The largest absolute Gasteiger partial charge is 0.507 e. The quantitative estimate of drug-likeness (QED) is 0.837. The number of para-hydroxylation sites is 2. The molecule has 2 aromatic carbocycles. The van der Waals surface area contributed by atoms with Crippen molar-refractivity contribution in [2.24, 2.45) is 9.98 Å². The lowest BCUT2D eigenvalue weighted by atomic mass is 9.91. The maximum Gasteiger partial charge on any atom is 0.124 e. The zero-order valence-electron chi connectivity index (χ0n) is 13.5. The van der Waals surface area contributed by atoms with E-state index in [1.54, 1.807) is 36.7 Å². The lowest BCUT2D eigenvalue weighted by Crippen LogP contribution is -2.27. The zero-order chi connectivity index (χ0) is 16.8. The predicted molar refractivity (Wildman–Crippen MR) is 97.4 cm³/mol. The number of aliphatic imine (C=N–C) groups is 2. The van der Waals surface area contributed by atoms with E-state index in [0.717, 1.165) is 36.8 Å². The standard InChI is InChI=1S/C20H22N2O2/c23-19-11-5-1-7-15(19)13-21-17-9-3-4-10-18(17)22-14-16-8-2-6-12-20(16)24/h1-2,5-8,11-14,17-18,23-24H,3-4,9-10H2/t17-,18?/m1/s1. The highest BCUT2D eigenvalue weighted by atomic mass is 16.3. The molecule has 24 heavy (non-hydrogen) atoms. The average molecular weight is 322 g/mol. The molecular weight excluding hydrogens is 300 g/mol. The summed E-state index contributed by atoms with van der Waals surface area (Å²) in [6.07, 6.45) is 7.76. The minimum absolute atomic E-state index is 0.112. The van der Waals surface area contributed by atoms with Crippen LogP contribution in [-0.4, -0.2) is 34.7 Å². The SMILES string of the molecule is Oc1ccccc1C=NC1CCCC[C@H]1N=Cc1ccccc1O. The van der Waals surface area contributed by atoms with Gasteiger partial charge in [0.25, 0.3) is 0 Å². The molecule has 0 bridgehead atoms. The predicted octanol–water partition coefficient (Wildman–Crippen LogP) is 3.95. The second-order valence-electron chi connectivity index (χ2n) is 6.09. The number of rotatable bonds is 4. The second-order valence-corrected chi connectivity index (χ2v) is 6.09. The van der Waals surface area contributed by atoms with Gasteiger partial charge in [0, 0.05) is 23.6 Å². The van der Waals surface area contributed by atoms with E-state index in [9.17, 15) is 10.2 Å². The highest BCUT2D eigenvalue weighted by Gasteiger charge is 2.23. The summed E-state index contributed by atoms with van der Waals surface area (Å²) >= 11 is 0. The molecule has 0 radical (unpaired) electrons. The Bertz CT molecular complexity index is 676. The van der Waals surface area contributed by atoms with Gasteiger partial charge < -0.3 is 10.2 Å².